The van der Waals surface area contributed by atoms with Gasteiger partial charge in [-0.3, -0.25) is 4.79 Å². The number of anilines is 1. The van der Waals surface area contributed by atoms with Crippen LogP contribution in [0.2, 0.25) is 0 Å². The fourth-order valence-electron chi connectivity index (χ4n) is 2.13. The molecule has 2 unspecified atom stereocenters. The van der Waals surface area contributed by atoms with Crippen molar-refractivity contribution < 1.29 is 4.79 Å². The van der Waals surface area contributed by atoms with Gasteiger partial charge in [0.25, 0.3) is 0 Å². The van der Waals surface area contributed by atoms with Crippen LogP contribution in [0.3, 0.4) is 0 Å². The van der Waals surface area contributed by atoms with Crippen molar-refractivity contribution in [1.82, 2.24) is 5.32 Å². The standard InChI is InChI=1S/C15H22N2O/c1-10(2)11(3)16-15(18)14-9-8-12-6-4-5-7-13(12)17-14/h4-7,10-11,14,17H,8-9H2,1-3H3,(H,16,18). The first kappa shape index (κ1) is 12.9. The Morgan fingerprint density at radius 2 is 2.06 bits per heavy atom. The first-order valence-electron chi connectivity index (χ1n) is 6.72. The molecule has 1 heterocycles. The Bertz CT molecular complexity index is 428. The number of amides is 1. The Kier molecular flexibility index (Phi) is 3.90. The summed E-state index contributed by atoms with van der Waals surface area (Å²) in [7, 11) is 0. The van der Waals surface area contributed by atoms with E-state index in [9.17, 15) is 4.79 Å². The van der Waals surface area contributed by atoms with E-state index in [1.807, 2.05) is 18.2 Å². The molecule has 0 fully saturated rings. The van der Waals surface area contributed by atoms with E-state index in [0.717, 1.165) is 18.5 Å². The van der Waals surface area contributed by atoms with E-state index in [2.05, 4.69) is 37.5 Å². The molecule has 0 radical (unpaired) electrons. The summed E-state index contributed by atoms with van der Waals surface area (Å²) in [5.74, 6) is 0.579. The maximum atomic E-state index is 12.1. The Morgan fingerprint density at radius 3 is 2.78 bits per heavy atom. The predicted octanol–water partition coefficient (Wildman–Crippen LogP) is 2.57. The number of nitrogens with one attached hydrogen (secondary N) is 2. The van der Waals surface area contributed by atoms with Gasteiger partial charge in [-0.2, -0.15) is 0 Å². The van der Waals surface area contributed by atoms with Crippen LogP contribution in [0.25, 0.3) is 0 Å². The van der Waals surface area contributed by atoms with Crippen molar-refractivity contribution in [2.75, 3.05) is 5.32 Å². The molecule has 0 aromatic heterocycles. The summed E-state index contributed by atoms with van der Waals surface area (Å²) in [6.45, 7) is 6.29. The van der Waals surface area contributed by atoms with Gasteiger partial charge in [0.15, 0.2) is 0 Å². The predicted molar refractivity (Wildman–Crippen MR) is 74.6 cm³/mol. The van der Waals surface area contributed by atoms with Gasteiger partial charge in [0.05, 0.1) is 0 Å². The average Bonchev–Trinajstić information content (AvgIpc) is 2.37. The molecule has 1 aliphatic rings. The molecule has 3 nitrogen and oxygen atoms in total. The smallest absolute Gasteiger partial charge is 0.242 e. The minimum Gasteiger partial charge on any atom is -0.373 e. The minimum absolute atomic E-state index is 0.0962. The Hall–Kier alpha value is -1.51. The van der Waals surface area contributed by atoms with Crippen LogP contribution in [-0.4, -0.2) is 18.0 Å². The molecule has 18 heavy (non-hydrogen) atoms. The molecule has 0 saturated heterocycles. The van der Waals surface area contributed by atoms with Gasteiger partial charge in [-0.1, -0.05) is 32.0 Å². The van der Waals surface area contributed by atoms with Gasteiger partial charge >= 0.3 is 0 Å². The van der Waals surface area contributed by atoms with Crippen molar-refractivity contribution in [1.29, 1.82) is 0 Å². The Balaban J connectivity index is 1.98. The Morgan fingerprint density at radius 1 is 1.33 bits per heavy atom. The molecule has 1 aromatic carbocycles. The molecule has 0 spiro atoms. The molecule has 98 valence electrons. The highest BCUT2D eigenvalue weighted by Gasteiger charge is 2.24. The third-order valence-corrected chi connectivity index (χ3v) is 3.74. The van der Waals surface area contributed by atoms with Gasteiger partial charge in [-0.15, -0.1) is 0 Å². The summed E-state index contributed by atoms with van der Waals surface area (Å²) in [5, 5.41) is 6.41. The van der Waals surface area contributed by atoms with E-state index in [4.69, 9.17) is 0 Å². The van der Waals surface area contributed by atoms with Crippen molar-refractivity contribution in [2.45, 2.75) is 45.7 Å². The SMILES string of the molecule is CC(C)C(C)NC(=O)C1CCc2ccccc2N1. The quantitative estimate of drug-likeness (QED) is 0.860. The molecule has 0 saturated carbocycles. The molecule has 3 heteroatoms. The zero-order valence-corrected chi connectivity index (χ0v) is 11.4. The number of carbonyl (C=O) groups is 1. The highest BCUT2D eigenvalue weighted by atomic mass is 16.2. The maximum absolute atomic E-state index is 12.1. The molecule has 1 aliphatic heterocycles. The maximum Gasteiger partial charge on any atom is 0.242 e. The number of aryl methyl sites for hydroxylation is 1. The lowest BCUT2D eigenvalue weighted by Gasteiger charge is -2.28. The second-order valence-electron chi connectivity index (χ2n) is 5.43. The zero-order chi connectivity index (χ0) is 13.1. The van der Waals surface area contributed by atoms with Crippen LogP contribution in [0.5, 0.6) is 0 Å². The van der Waals surface area contributed by atoms with Gasteiger partial charge in [0.2, 0.25) is 5.91 Å². The average molecular weight is 246 g/mol. The van der Waals surface area contributed by atoms with Crippen LogP contribution in [0.4, 0.5) is 5.69 Å². The summed E-state index contributed by atoms with van der Waals surface area (Å²) in [6, 6.07) is 8.33. The Labute approximate surface area is 109 Å². The third kappa shape index (κ3) is 2.84. The normalized spacial score (nSPS) is 19.9. The first-order valence-corrected chi connectivity index (χ1v) is 6.72. The number of rotatable bonds is 3. The molecule has 2 N–H and O–H groups in total. The van der Waals surface area contributed by atoms with Crippen LogP contribution in [0.15, 0.2) is 24.3 Å². The highest BCUT2D eigenvalue weighted by Crippen LogP contribution is 2.24. The summed E-state index contributed by atoms with van der Waals surface area (Å²) >= 11 is 0. The zero-order valence-electron chi connectivity index (χ0n) is 11.4. The van der Waals surface area contributed by atoms with Crippen molar-refractivity contribution >= 4 is 11.6 Å². The van der Waals surface area contributed by atoms with E-state index < -0.39 is 0 Å². The van der Waals surface area contributed by atoms with Crippen LogP contribution in [0.1, 0.15) is 32.8 Å². The number of benzene rings is 1. The molecular formula is C15H22N2O. The van der Waals surface area contributed by atoms with Crippen molar-refractivity contribution in [2.24, 2.45) is 5.92 Å². The van der Waals surface area contributed by atoms with Crippen LogP contribution in [-0.2, 0) is 11.2 Å². The number of hydrogen-bond donors (Lipinski definition) is 2. The fourth-order valence-corrected chi connectivity index (χ4v) is 2.13. The minimum atomic E-state index is -0.0962. The second kappa shape index (κ2) is 5.42. The third-order valence-electron chi connectivity index (χ3n) is 3.74. The van der Waals surface area contributed by atoms with E-state index in [-0.39, 0.29) is 18.0 Å². The number of hydrogen-bond acceptors (Lipinski definition) is 2. The van der Waals surface area contributed by atoms with E-state index in [0.29, 0.717) is 5.92 Å². The van der Waals surface area contributed by atoms with Crippen LogP contribution >= 0.6 is 0 Å². The molecule has 0 bridgehead atoms. The van der Waals surface area contributed by atoms with Gasteiger partial charge in [0, 0.05) is 11.7 Å². The van der Waals surface area contributed by atoms with E-state index in [1.165, 1.54) is 5.56 Å². The molecule has 1 aromatic rings. The van der Waals surface area contributed by atoms with Gasteiger partial charge in [0.1, 0.15) is 6.04 Å². The monoisotopic (exact) mass is 246 g/mol. The molecule has 1 amide bonds. The van der Waals surface area contributed by atoms with Gasteiger partial charge in [-0.25, -0.2) is 0 Å². The van der Waals surface area contributed by atoms with Crippen molar-refractivity contribution in [3.05, 3.63) is 29.8 Å². The van der Waals surface area contributed by atoms with Crippen LogP contribution < -0.4 is 10.6 Å². The second-order valence-corrected chi connectivity index (χ2v) is 5.43. The summed E-state index contributed by atoms with van der Waals surface area (Å²) in [6.07, 6.45) is 1.84. The number of fused-ring (bicyclic) bond motifs is 1. The van der Waals surface area contributed by atoms with E-state index in [1.54, 1.807) is 0 Å². The van der Waals surface area contributed by atoms with Crippen molar-refractivity contribution in [3.8, 4) is 0 Å². The molecule has 0 aliphatic carbocycles. The summed E-state index contributed by atoms with van der Waals surface area (Å²) in [5.41, 5.74) is 2.40. The lowest BCUT2D eigenvalue weighted by molar-refractivity contribution is -0.122. The first-order chi connectivity index (χ1) is 8.58. The number of carbonyl (C=O) groups excluding carboxylic acids is 1. The lowest BCUT2D eigenvalue weighted by atomic mass is 9.97. The summed E-state index contributed by atoms with van der Waals surface area (Å²) in [4.78, 5) is 12.1. The molecule has 2 rings (SSSR count). The topological polar surface area (TPSA) is 41.1 Å². The van der Waals surface area contributed by atoms with Gasteiger partial charge in [-0.05, 0) is 37.3 Å². The summed E-state index contributed by atoms with van der Waals surface area (Å²) < 4.78 is 0. The van der Waals surface area contributed by atoms with Crippen molar-refractivity contribution in [3.63, 3.8) is 0 Å². The van der Waals surface area contributed by atoms with E-state index >= 15 is 0 Å². The van der Waals surface area contributed by atoms with Gasteiger partial charge < -0.3 is 10.6 Å². The largest absolute Gasteiger partial charge is 0.373 e. The van der Waals surface area contributed by atoms with Crippen LogP contribution in [0, 0.1) is 5.92 Å². The molecular weight excluding hydrogens is 224 g/mol. The lowest BCUT2D eigenvalue weighted by Crippen LogP contribution is -2.46. The molecule has 2 atom stereocenters. The highest BCUT2D eigenvalue weighted by molar-refractivity contribution is 5.85. The number of para-hydroxylation sites is 1. The fraction of sp³-hybridized carbons (Fsp3) is 0.533.